The molecule has 162 valence electrons. The number of rotatable bonds is 4. The van der Waals surface area contributed by atoms with Gasteiger partial charge in [-0.2, -0.15) is 0 Å². The van der Waals surface area contributed by atoms with E-state index in [-0.39, 0.29) is 11.6 Å². The van der Waals surface area contributed by atoms with Crippen LogP contribution in [-0.2, 0) is 11.2 Å². The van der Waals surface area contributed by atoms with Crippen LogP contribution in [0.1, 0.15) is 91.6 Å². The van der Waals surface area contributed by atoms with Crippen molar-refractivity contribution in [1.29, 1.82) is 0 Å². The van der Waals surface area contributed by atoms with Gasteiger partial charge in [0, 0.05) is 17.0 Å². The van der Waals surface area contributed by atoms with Crippen molar-refractivity contribution < 1.29 is 14.4 Å². The Morgan fingerprint density at radius 2 is 1.37 bits per heavy atom. The van der Waals surface area contributed by atoms with Crippen LogP contribution in [-0.4, -0.2) is 17.3 Å². The average Bonchev–Trinajstić information content (AvgIpc) is 2.75. The van der Waals surface area contributed by atoms with E-state index in [1.807, 2.05) is 55.5 Å². The second kappa shape index (κ2) is 13.6. The maximum Gasteiger partial charge on any atom is 0.159 e. The fourth-order valence-electron chi connectivity index (χ4n) is 3.35. The molecule has 1 fully saturated rings. The fraction of sp³-hybridized carbons (Fsp3) is 0.444. The van der Waals surface area contributed by atoms with Crippen molar-refractivity contribution >= 4 is 17.3 Å². The molecule has 2 aromatic rings. The molecule has 30 heavy (non-hydrogen) atoms. The van der Waals surface area contributed by atoms with E-state index >= 15 is 0 Å². The van der Waals surface area contributed by atoms with Crippen molar-refractivity contribution in [2.45, 2.75) is 73.1 Å². The molecular formula is C27H36O3. The van der Waals surface area contributed by atoms with Crippen LogP contribution >= 0.6 is 0 Å². The summed E-state index contributed by atoms with van der Waals surface area (Å²) < 4.78 is 0. The Kier molecular flexibility index (Phi) is 11.6. The molecular weight excluding hydrogens is 372 g/mol. The Bertz CT molecular complexity index is 812. The maximum absolute atomic E-state index is 10.8. The molecule has 0 amide bonds. The monoisotopic (exact) mass is 408 g/mol. The summed E-state index contributed by atoms with van der Waals surface area (Å²) in [6.07, 6.45) is 7.20. The van der Waals surface area contributed by atoms with Gasteiger partial charge in [-0.25, -0.2) is 0 Å². The molecule has 0 atom stereocenters. The lowest BCUT2D eigenvalue weighted by Crippen LogP contribution is -2.13. The fourth-order valence-corrected chi connectivity index (χ4v) is 3.35. The predicted molar refractivity (Wildman–Crippen MR) is 124 cm³/mol. The van der Waals surface area contributed by atoms with Gasteiger partial charge in [0.15, 0.2) is 11.6 Å². The van der Waals surface area contributed by atoms with E-state index in [1.165, 1.54) is 24.8 Å². The molecule has 1 saturated carbocycles. The highest BCUT2D eigenvalue weighted by atomic mass is 16.1. The van der Waals surface area contributed by atoms with E-state index in [0.29, 0.717) is 11.7 Å². The maximum atomic E-state index is 10.8. The second-order valence-electron chi connectivity index (χ2n) is 7.98. The lowest BCUT2D eigenvalue weighted by molar-refractivity contribution is -0.121. The lowest BCUT2D eigenvalue weighted by Gasteiger charge is -2.17. The Balaban J connectivity index is 0.000000226. The third-order valence-electron chi connectivity index (χ3n) is 5.37. The zero-order chi connectivity index (χ0) is 22.5. The van der Waals surface area contributed by atoms with Crippen LogP contribution < -0.4 is 0 Å². The van der Waals surface area contributed by atoms with Crippen molar-refractivity contribution in [3.63, 3.8) is 0 Å². The first-order chi connectivity index (χ1) is 14.2. The van der Waals surface area contributed by atoms with Gasteiger partial charge in [0.25, 0.3) is 0 Å². The van der Waals surface area contributed by atoms with E-state index in [0.717, 1.165) is 36.0 Å². The molecule has 0 aromatic heterocycles. The van der Waals surface area contributed by atoms with Gasteiger partial charge in [0.05, 0.1) is 0 Å². The quantitative estimate of drug-likeness (QED) is 0.522. The molecule has 0 radical (unpaired) electrons. The van der Waals surface area contributed by atoms with Gasteiger partial charge in [-0.15, -0.1) is 0 Å². The number of Topliss-reactive ketones (excluding diaryl/α,β-unsaturated/α-hetero) is 3. The minimum atomic E-state index is 0.128. The van der Waals surface area contributed by atoms with Gasteiger partial charge in [0.1, 0.15) is 5.78 Å². The Labute approximate surface area is 181 Å². The van der Waals surface area contributed by atoms with E-state index in [2.05, 4.69) is 6.92 Å². The van der Waals surface area contributed by atoms with Crippen LogP contribution in [0.2, 0.25) is 0 Å². The van der Waals surface area contributed by atoms with Gasteiger partial charge in [0.2, 0.25) is 0 Å². The lowest BCUT2D eigenvalue weighted by atomic mass is 9.87. The minimum absolute atomic E-state index is 0.128. The number of carbonyl (C=O) groups is 3. The van der Waals surface area contributed by atoms with Gasteiger partial charge < -0.3 is 0 Å². The van der Waals surface area contributed by atoms with E-state index < -0.39 is 0 Å². The zero-order valence-corrected chi connectivity index (χ0v) is 19.2. The highest BCUT2D eigenvalue weighted by molar-refractivity contribution is 5.94. The molecule has 3 heteroatoms. The Morgan fingerprint density at radius 3 is 1.73 bits per heavy atom. The number of hydrogen-bond acceptors (Lipinski definition) is 3. The van der Waals surface area contributed by atoms with Gasteiger partial charge >= 0.3 is 0 Å². The van der Waals surface area contributed by atoms with Crippen LogP contribution in [0.25, 0.3) is 0 Å². The minimum Gasteiger partial charge on any atom is -0.300 e. The van der Waals surface area contributed by atoms with Gasteiger partial charge in [-0.1, -0.05) is 74.2 Å². The van der Waals surface area contributed by atoms with Crippen LogP contribution in [0.5, 0.6) is 0 Å². The Morgan fingerprint density at radius 1 is 0.800 bits per heavy atom. The third-order valence-corrected chi connectivity index (χ3v) is 5.37. The molecule has 0 unspecified atom stereocenters. The first-order valence-corrected chi connectivity index (χ1v) is 10.9. The topological polar surface area (TPSA) is 51.2 Å². The molecule has 3 nitrogen and oxygen atoms in total. The molecule has 2 aromatic carbocycles. The molecule has 1 aliphatic carbocycles. The molecule has 0 N–H and O–H groups in total. The summed E-state index contributed by atoms with van der Waals surface area (Å²) in [6.45, 7) is 8.96. The number of aryl methyl sites for hydroxylation is 2. The van der Waals surface area contributed by atoms with Crippen molar-refractivity contribution in [1.82, 2.24) is 0 Å². The Hall–Kier alpha value is -2.55. The molecule has 1 aliphatic rings. The van der Waals surface area contributed by atoms with Crippen LogP contribution in [0.3, 0.4) is 0 Å². The average molecular weight is 409 g/mol. The normalized spacial score (nSPS) is 13.2. The molecule has 0 bridgehead atoms. The van der Waals surface area contributed by atoms with Gasteiger partial charge in [-0.05, 0) is 58.6 Å². The largest absolute Gasteiger partial charge is 0.300 e. The molecule has 0 heterocycles. The van der Waals surface area contributed by atoms with Crippen LogP contribution in [0, 0.1) is 12.8 Å². The van der Waals surface area contributed by atoms with Crippen LogP contribution in [0.4, 0.5) is 0 Å². The number of ketones is 3. The summed E-state index contributed by atoms with van der Waals surface area (Å²) in [5.74, 6) is 1.07. The van der Waals surface area contributed by atoms with Crippen molar-refractivity contribution in [2.75, 3.05) is 0 Å². The zero-order valence-electron chi connectivity index (χ0n) is 19.2. The van der Waals surface area contributed by atoms with Crippen molar-refractivity contribution in [3.8, 4) is 0 Å². The number of hydrogen-bond donors (Lipinski definition) is 0. The number of carbonyl (C=O) groups excluding carboxylic acids is 3. The second-order valence-corrected chi connectivity index (χ2v) is 7.98. The van der Waals surface area contributed by atoms with Crippen LogP contribution in [0.15, 0.2) is 48.5 Å². The van der Waals surface area contributed by atoms with Crippen molar-refractivity contribution in [2.24, 2.45) is 5.92 Å². The van der Waals surface area contributed by atoms with Crippen molar-refractivity contribution in [3.05, 3.63) is 70.8 Å². The highest BCUT2D eigenvalue weighted by Crippen LogP contribution is 2.23. The predicted octanol–water partition coefficient (Wildman–Crippen LogP) is 6.80. The van der Waals surface area contributed by atoms with E-state index in [9.17, 15) is 14.4 Å². The van der Waals surface area contributed by atoms with E-state index in [1.54, 1.807) is 20.8 Å². The summed E-state index contributed by atoms with van der Waals surface area (Å²) in [7, 11) is 0. The smallest absolute Gasteiger partial charge is 0.159 e. The summed E-state index contributed by atoms with van der Waals surface area (Å²) in [5.41, 5.74) is 3.99. The highest BCUT2D eigenvalue weighted by Gasteiger charge is 2.16. The molecule has 3 rings (SSSR count). The first kappa shape index (κ1) is 25.5. The first-order valence-electron chi connectivity index (χ1n) is 10.9. The summed E-state index contributed by atoms with van der Waals surface area (Å²) >= 11 is 0. The number of benzene rings is 2. The summed E-state index contributed by atoms with van der Waals surface area (Å²) in [4.78, 5) is 32.4. The van der Waals surface area contributed by atoms with Gasteiger partial charge in [-0.3, -0.25) is 14.4 Å². The summed E-state index contributed by atoms with van der Waals surface area (Å²) in [5, 5.41) is 0. The standard InChI is InChI=1S/C10H12O.C9H10O.C8H14O/c1-3-9-4-6-10(7-5-9)8(2)11;1-7-4-3-5-9(6-7)8(2)10;1-7(9)8-5-3-2-4-6-8/h4-7H,3H2,1-2H3;3-6H,1-2H3;8H,2-6H2,1H3. The molecule has 0 aliphatic heterocycles. The summed E-state index contributed by atoms with van der Waals surface area (Å²) in [6, 6.07) is 15.3. The SMILES string of the molecule is CC(=O)C1CCCCC1.CC(=O)c1cccc(C)c1.CCc1ccc(C(C)=O)cc1. The molecule has 0 saturated heterocycles. The van der Waals surface area contributed by atoms with E-state index in [4.69, 9.17) is 0 Å². The molecule has 0 spiro atoms. The third kappa shape index (κ3) is 9.78.